The molecule has 2 heterocycles. The van der Waals surface area contributed by atoms with Gasteiger partial charge in [-0.15, -0.1) is 0 Å². The van der Waals surface area contributed by atoms with E-state index in [-0.39, 0.29) is 5.91 Å². The number of H-pyrrole nitrogens is 2. The quantitative estimate of drug-likeness (QED) is 0.745. The fraction of sp³-hybridized carbons (Fsp3) is 0.353. The molecule has 124 valence electrons. The SMILES string of the molecule is O=C(c1cc(Cl)[nH]n1)N(Cc1cccc2[nH]cnc12)CC1CCC1. The highest BCUT2D eigenvalue weighted by molar-refractivity contribution is 6.29. The van der Waals surface area contributed by atoms with E-state index in [1.807, 2.05) is 23.1 Å². The van der Waals surface area contributed by atoms with Crippen LogP contribution in [0.1, 0.15) is 35.3 Å². The van der Waals surface area contributed by atoms with Crippen molar-refractivity contribution >= 4 is 28.5 Å². The van der Waals surface area contributed by atoms with Gasteiger partial charge in [0, 0.05) is 19.2 Å². The van der Waals surface area contributed by atoms with Crippen LogP contribution in [0.3, 0.4) is 0 Å². The first-order valence-electron chi connectivity index (χ1n) is 8.12. The van der Waals surface area contributed by atoms with Gasteiger partial charge >= 0.3 is 0 Å². The molecule has 0 spiro atoms. The number of benzene rings is 1. The second kappa shape index (κ2) is 6.28. The highest BCUT2D eigenvalue weighted by Crippen LogP contribution is 2.28. The normalized spacial score (nSPS) is 14.7. The van der Waals surface area contributed by atoms with Gasteiger partial charge in [0.05, 0.1) is 17.4 Å². The Morgan fingerprint density at radius 3 is 2.96 bits per heavy atom. The Bertz CT molecular complexity index is 867. The van der Waals surface area contributed by atoms with E-state index in [0.717, 1.165) is 23.1 Å². The Kier molecular flexibility index (Phi) is 3.98. The van der Waals surface area contributed by atoms with Crippen molar-refractivity contribution in [2.24, 2.45) is 5.92 Å². The van der Waals surface area contributed by atoms with Crippen LogP contribution in [0.5, 0.6) is 0 Å². The zero-order valence-corrected chi connectivity index (χ0v) is 13.9. The molecular formula is C17H18ClN5O. The topological polar surface area (TPSA) is 77.7 Å². The van der Waals surface area contributed by atoms with E-state index >= 15 is 0 Å². The van der Waals surface area contributed by atoms with E-state index in [1.54, 1.807) is 12.4 Å². The summed E-state index contributed by atoms with van der Waals surface area (Å²) >= 11 is 5.87. The standard InChI is InChI=1S/C17H18ClN5O/c18-15-7-14(21-22-15)17(24)23(8-11-3-1-4-11)9-12-5-2-6-13-16(12)20-10-19-13/h2,5-7,10-11H,1,3-4,8-9H2,(H,19,20)(H,21,22). The first-order valence-corrected chi connectivity index (χ1v) is 8.49. The minimum Gasteiger partial charge on any atom is -0.345 e. The van der Waals surface area contributed by atoms with Gasteiger partial charge in [-0.05, 0) is 30.4 Å². The van der Waals surface area contributed by atoms with Crippen LogP contribution in [0, 0.1) is 5.92 Å². The summed E-state index contributed by atoms with van der Waals surface area (Å²) in [6.45, 7) is 1.26. The molecule has 7 heteroatoms. The van der Waals surface area contributed by atoms with E-state index in [9.17, 15) is 4.79 Å². The van der Waals surface area contributed by atoms with Crippen molar-refractivity contribution < 1.29 is 4.79 Å². The maximum absolute atomic E-state index is 12.9. The minimum atomic E-state index is -0.0995. The number of imidazole rings is 1. The number of aromatic nitrogens is 4. The number of hydrogen-bond acceptors (Lipinski definition) is 3. The van der Waals surface area contributed by atoms with Gasteiger partial charge in [0.2, 0.25) is 0 Å². The van der Waals surface area contributed by atoms with Crippen molar-refractivity contribution in [1.82, 2.24) is 25.1 Å². The maximum atomic E-state index is 12.9. The smallest absolute Gasteiger partial charge is 0.274 e. The molecule has 0 saturated heterocycles. The van der Waals surface area contributed by atoms with Gasteiger partial charge < -0.3 is 9.88 Å². The van der Waals surface area contributed by atoms with Crippen molar-refractivity contribution in [1.29, 1.82) is 0 Å². The van der Waals surface area contributed by atoms with Crippen molar-refractivity contribution in [2.45, 2.75) is 25.8 Å². The number of carbonyl (C=O) groups is 1. The fourth-order valence-corrected chi connectivity index (χ4v) is 3.28. The number of aromatic amines is 2. The summed E-state index contributed by atoms with van der Waals surface area (Å²) in [5.74, 6) is 0.472. The number of fused-ring (bicyclic) bond motifs is 1. The number of nitrogens with zero attached hydrogens (tertiary/aromatic N) is 3. The van der Waals surface area contributed by atoms with Crippen LogP contribution in [0.25, 0.3) is 11.0 Å². The molecule has 2 aromatic heterocycles. The van der Waals surface area contributed by atoms with Crippen LogP contribution in [0.15, 0.2) is 30.6 Å². The van der Waals surface area contributed by atoms with Gasteiger partial charge in [-0.1, -0.05) is 30.2 Å². The third-order valence-corrected chi connectivity index (χ3v) is 4.84. The molecule has 0 aliphatic heterocycles. The van der Waals surface area contributed by atoms with Crippen LogP contribution in [-0.4, -0.2) is 37.5 Å². The molecule has 0 unspecified atom stereocenters. The molecule has 6 nitrogen and oxygen atoms in total. The molecule has 0 atom stereocenters. The van der Waals surface area contributed by atoms with Gasteiger partial charge in [-0.25, -0.2) is 4.98 Å². The zero-order chi connectivity index (χ0) is 16.5. The van der Waals surface area contributed by atoms with Gasteiger partial charge in [-0.2, -0.15) is 5.10 Å². The molecule has 1 aliphatic rings. The maximum Gasteiger partial charge on any atom is 0.274 e. The molecule has 3 aromatic rings. The molecule has 1 aliphatic carbocycles. The van der Waals surface area contributed by atoms with Crippen molar-refractivity contribution in [3.63, 3.8) is 0 Å². The number of hydrogen-bond donors (Lipinski definition) is 2. The van der Waals surface area contributed by atoms with Crippen LogP contribution in [0.4, 0.5) is 0 Å². The Labute approximate surface area is 144 Å². The van der Waals surface area contributed by atoms with Gasteiger partial charge in [0.15, 0.2) is 5.69 Å². The van der Waals surface area contributed by atoms with Gasteiger partial charge in [0.25, 0.3) is 5.91 Å². The van der Waals surface area contributed by atoms with Crippen LogP contribution in [0.2, 0.25) is 5.15 Å². The number of amides is 1. The average Bonchev–Trinajstić information content (AvgIpc) is 3.17. The third-order valence-electron chi connectivity index (χ3n) is 4.65. The van der Waals surface area contributed by atoms with Crippen molar-refractivity contribution in [3.05, 3.63) is 47.0 Å². The summed E-state index contributed by atoms with van der Waals surface area (Å²) < 4.78 is 0. The summed E-state index contributed by atoms with van der Waals surface area (Å²) in [5.41, 5.74) is 3.27. The predicted molar refractivity (Wildman–Crippen MR) is 91.8 cm³/mol. The molecule has 0 bridgehead atoms. The van der Waals surface area contributed by atoms with Crippen LogP contribution < -0.4 is 0 Å². The number of rotatable bonds is 5. The molecule has 4 rings (SSSR count). The zero-order valence-electron chi connectivity index (χ0n) is 13.1. The first-order chi connectivity index (χ1) is 11.7. The molecule has 2 N–H and O–H groups in total. The summed E-state index contributed by atoms with van der Waals surface area (Å²) in [6.07, 6.45) is 5.28. The van der Waals surface area contributed by atoms with Gasteiger partial charge in [0.1, 0.15) is 5.15 Å². The number of carbonyl (C=O) groups excluding carboxylic acids is 1. The van der Waals surface area contributed by atoms with E-state index in [2.05, 4.69) is 20.2 Å². The van der Waals surface area contributed by atoms with E-state index in [1.165, 1.54) is 19.3 Å². The molecule has 1 saturated carbocycles. The highest BCUT2D eigenvalue weighted by atomic mass is 35.5. The Morgan fingerprint density at radius 2 is 2.25 bits per heavy atom. The molecular weight excluding hydrogens is 326 g/mol. The summed E-state index contributed by atoms with van der Waals surface area (Å²) in [7, 11) is 0. The monoisotopic (exact) mass is 343 g/mol. The second-order valence-electron chi connectivity index (χ2n) is 6.30. The molecule has 1 aromatic carbocycles. The Morgan fingerprint density at radius 1 is 1.38 bits per heavy atom. The van der Waals surface area contributed by atoms with Crippen LogP contribution in [-0.2, 0) is 6.54 Å². The number of halogens is 1. The van der Waals surface area contributed by atoms with Crippen molar-refractivity contribution in [3.8, 4) is 0 Å². The summed E-state index contributed by atoms with van der Waals surface area (Å²) in [5, 5.41) is 7.01. The second-order valence-corrected chi connectivity index (χ2v) is 6.71. The Hall–Kier alpha value is -2.34. The lowest BCUT2D eigenvalue weighted by Gasteiger charge is -2.32. The lowest BCUT2D eigenvalue weighted by molar-refractivity contribution is 0.0674. The fourth-order valence-electron chi connectivity index (χ4n) is 3.14. The Balaban J connectivity index is 1.62. The van der Waals surface area contributed by atoms with E-state index in [4.69, 9.17) is 11.6 Å². The van der Waals surface area contributed by atoms with E-state index < -0.39 is 0 Å². The summed E-state index contributed by atoms with van der Waals surface area (Å²) in [4.78, 5) is 22.2. The molecule has 1 amide bonds. The average molecular weight is 344 g/mol. The van der Waals surface area contributed by atoms with Crippen LogP contribution >= 0.6 is 11.6 Å². The summed E-state index contributed by atoms with van der Waals surface area (Å²) in [6, 6.07) is 7.55. The largest absolute Gasteiger partial charge is 0.345 e. The van der Waals surface area contributed by atoms with Crippen molar-refractivity contribution in [2.75, 3.05) is 6.54 Å². The van der Waals surface area contributed by atoms with Gasteiger partial charge in [-0.3, -0.25) is 9.89 Å². The molecule has 1 fully saturated rings. The number of nitrogens with one attached hydrogen (secondary N) is 2. The predicted octanol–water partition coefficient (Wildman–Crippen LogP) is 3.38. The number of para-hydroxylation sites is 1. The third kappa shape index (κ3) is 2.89. The molecule has 24 heavy (non-hydrogen) atoms. The lowest BCUT2D eigenvalue weighted by Crippen LogP contribution is -2.37. The minimum absolute atomic E-state index is 0.0995. The van der Waals surface area contributed by atoms with E-state index in [0.29, 0.717) is 23.3 Å². The lowest BCUT2D eigenvalue weighted by atomic mass is 9.85. The highest BCUT2D eigenvalue weighted by Gasteiger charge is 2.26. The molecule has 0 radical (unpaired) electrons. The first kappa shape index (κ1) is 15.2.